The molecule has 0 aliphatic rings. The van der Waals surface area contributed by atoms with Crippen LogP contribution in [0.2, 0.25) is 0 Å². The molecule has 0 bridgehead atoms. The van der Waals surface area contributed by atoms with Gasteiger partial charge in [0, 0.05) is 18.3 Å². The fraction of sp³-hybridized carbons (Fsp3) is 0.0625. The van der Waals surface area contributed by atoms with Gasteiger partial charge in [-0.25, -0.2) is 4.39 Å². The first-order valence-corrected chi connectivity index (χ1v) is 6.20. The number of hydrogen-bond donors (Lipinski definition) is 1. The van der Waals surface area contributed by atoms with Crippen LogP contribution in [0.3, 0.4) is 0 Å². The van der Waals surface area contributed by atoms with Crippen molar-refractivity contribution in [3.05, 3.63) is 65.6 Å². The molecule has 3 rings (SSSR count). The molecule has 0 radical (unpaired) electrons. The average molecular weight is 265 g/mol. The maximum atomic E-state index is 13.5. The third-order valence-electron chi connectivity index (χ3n) is 3.32. The summed E-state index contributed by atoms with van der Waals surface area (Å²) in [6.07, 6.45) is 1.93. The maximum absolute atomic E-state index is 13.5. The van der Waals surface area contributed by atoms with E-state index in [0.29, 0.717) is 12.1 Å². The van der Waals surface area contributed by atoms with Gasteiger partial charge in [0.1, 0.15) is 5.82 Å². The van der Waals surface area contributed by atoms with E-state index in [-0.39, 0.29) is 5.69 Å². The zero-order valence-corrected chi connectivity index (χ0v) is 10.7. The lowest BCUT2D eigenvalue weighted by atomic mass is 10.1. The van der Waals surface area contributed by atoms with Crippen LogP contribution in [0, 0.1) is 17.1 Å². The molecule has 0 saturated heterocycles. The van der Waals surface area contributed by atoms with Gasteiger partial charge < -0.3 is 10.3 Å². The molecule has 0 spiro atoms. The Morgan fingerprint density at radius 1 is 1.15 bits per heavy atom. The highest BCUT2D eigenvalue weighted by atomic mass is 19.1. The van der Waals surface area contributed by atoms with E-state index in [1.165, 1.54) is 6.07 Å². The lowest BCUT2D eigenvalue weighted by molar-refractivity contribution is 0.628. The number of nitrogen functional groups attached to an aromatic ring is 1. The lowest BCUT2D eigenvalue weighted by Gasteiger charge is -2.07. The van der Waals surface area contributed by atoms with Crippen LogP contribution in [0.25, 0.3) is 10.9 Å². The van der Waals surface area contributed by atoms with E-state index < -0.39 is 5.82 Å². The molecule has 20 heavy (non-hydrogen) atoms. The van der Waals surface area contributed by atoms with Crippen molar-refractivity contribution in [3.8, 4) is 6.07 Å². The second-order valence-electron chi connectivity index (χ2n) is 4.68. The first-order chi connectivity index (χ1) is 9.67. The SMILES string of the molecule is N#Cc1ccc2ccn(Cc3ccc(N)c(F)c3)c2c1. The molecule has 2 N–H and O–H groups in total. The van der Waals surface area contributed by atoms with Crippen LogP contribution in [0.5, 0.6) is 0 Å². The van der Waals surface area contributed by atoms with Crippen LogP contribution in [-0.4, -0.2) is 4.57 Å². The minimum atomic E-state index is -0.406. The fourth-order valence-electron chi connectivity index (χ4n) is 2.26. The predicted molar refractivity (Wildman–Crippen MR) is 76.6 cm³/mol. The summed E-state index contributed by atoms with van der Waals surface area (Å²) >= 11 is 0. The molecule has 1 aromatic heterocycles. The number of aromatic nitrogens is 1. The maximum Gasteiger partial charge on any atom is 0.146 e. The summed E-state index contributed by atoms with van der Waals surface area (Å²) < 4.78 is 15.5. The first kappa shape index (κ1) is 12.2. The van der Waals surface area contributed by atoms with Gasteiger partial charge in [0.25, 0.3) is 0 Å². The van der Waals surface area contributed by atoms with E-state index in [0.717, 1.165) is 16.5 Å². The van der Waals surface area contributed by atoms with E-state index in [2.05, 4.69) is 6.07 Å². The monoisotopic (exact) mass is 265 g/mol. The van der Waals surface area contributed by atoms with Gasteiger partial charge in [-0.2, -0.15) is 5.26 Å². The van der Waals surface area contributed by atoms with Gasteiger partial charge in [0.15, 0.2) is 0 Å². The molecule has 1 heterocycles. The molecule has 3 aromatic rings. The Morgan fingerprint density at radius 3 is 2.75 bits per heavy atom. The first-order valence-electron chi connectivity index (χ1n) is 6.20. The van der Waals surface area contributed by atoms with Gasteiger partial charge in [-0.15, -0.1) is 0 Å². The largest absolute Gasteiger partial charge is 0.396 e. The van der Waals surface area contributed by atoms with Crippen molar-refractivity contribution in [1.29, 1.82) is 5.26 Å². The van der Waals surface area contributed by atoms with Crippen molar-refractivity contribution in [2.45, 2.75) is 6.54 Å². The van der Waals surface area contributed by atoms with Crippen molar-refractivity contribution in [2.75, 3.05) is 5.73 Å². The van der Waals surface area contributed by atoms with Crippen molar-refractivity contribution in [3.63, 3.8) is 0 Å². The van der Waals surface area contributed by atoms with Crippen molar-refractivity contribution in [1.82, 2.24) is 4.57 Å². The molecule has 2 aromatic carbocycles. The number of anilines is 1. The van der Waals surface area contributed by atoms with Crippen LogP contribution in [0.4, 0.5) is 10.1 Å². The van der Waals surface area contributed by atoms with E-state index in [1.54, 1.807) is 18.2 Å². The average Bonchev–Trinajstić information content (AvgIpc) is 2.85. The number of hydrogen-bond acceptors (Lipinski definition) is 2. The highest BCUT2D eigenvalue weighted by Gasteiger charge is 2.05. The van der Waals surface area contributed by atoms with Crippen molar-refractivity contribution < 1.29 is 4.39 Å². The molecule has 0 aliphatic carbocycles. The number of fused-ring (bicyclic) bond motifs is 1. The Balaban J connectivity index is 2.02. The van der Waals surface area contributed by atoms with Crippen LogP contribution in [0.15, 0.2) is 48.7 Å². The van der Waals surface area contributed by atoms with E-state index in [9.17, 15) is 4.39 Å². The Morgan fingerprint density at radius 2 is 2.00 bits per heavy atom. The van der Waals surface area contributed by atoms with Crippen molar-refractivity contribution in [2.24, 2.45) is 0 Å². The Bertz CT molecular complexity index is 827. The molecule has 98 valence electrons. The Kier molecular flexibility index (Phi) is 2.88. The van der Waals surface area contributed by atoms with Gasteiger partial charge >= 0.3 is 0 Å². The topological polar surface area (TPSA) is 54.7 Å². The number of nitriles is 1. The summed E-state index contributed by atoms with van der Waals surface area (Å²) in [4.78, 5) is 0. The molecule has 4 heteroatoms. The molecule has 0 fully saturated rings. The quantitative estimate of drug-likeness (QED) is 0.723. The highest BCUT2D eigenvalue weighted by molar-refractivity contribution is 5.81. The zero-order valence-electron chi connectivity index (χ0n) is 10.7. The van der Waals surface area contributed by atoms with Gasteiger partial charge in [0.2, 0.25) is 0 Å². The highest BCUT2D eigenvalue weighted by Crippen LogP contribution is 2.20. The minimum absolute atomic E-state index is 0.151. The molecular weight excluding hydrogens is 253 g/mol. The number of rotatable bonds is 2. The summed E-state index contributed by atoms with van der Waals surface area (Å²) in [6, 6.07) is 14.4. The molecule has 0 aliphatic heterocycles. The number of nitrogens with zero attached hydrogens (tertiary/aromatic N) is 2. The minimum Gasteiger partial charge on any atom is -0.396 e. The number of halogens is 1. The van der Waals surface area contributed by atoms with Crippen LogP contribution in [-0.2, 0) is 6.54 Å². The summed E-state index contributed by atoms with van der Waals surface area (Å²) in [5.74, 6) is -0.406. The molecular formula is C16H12FN3. The van der Waals surface area contributed by atoms with Gasteiger partial charge in [-0.05, 0) is 41.3 Å². The van der Waals surface area contributed by atoms with Gasteiger partial charge in [-0.3, -0.25) is 0 Å². The molecule has 0 unspecified atom stereocenters. The Labute approximate surface area is 115 Å². The lowest BCUT2D eigenvalue weighted by Crippen LogP contribution is -2.00. The zero-order chi connectivity index (χ0) is 14.1. The van der Waals surface area contributed by atoms with Gasteiger partial charge in [-0.1, -0.05) is 12.1 Å². The van der Waals surface area contributed by atoms with Crippen LogP contribution >= 0.6 is 0 Å². The third-order valence-corrected chi connectivity index (χ3v) is 3.32. The van der Waals surface area contributed by atoms with E-state index in [4.69, 9.17) is 11.0 Å². The normalized spacial score (nSPS) is 10.6. The summed E-state index contributed by atoms with van der Waals surface area (Å²) in [6.45, 7) is 0.537. The van der Waals surface area contributed by atoms with E-state index >= 15 is 0 Å². The molecule has 0 atom stereocenters. The van der Waals surface area contributed by atoms with Crippen LogP contribution in [0.1, 0.15) is 11.1 Å². The fourth-order valence-corrected chi connectivity index (χ4v) is 2.26. The van der Waals surface area contributed by atoms with Gasteiger partial charge in [0.05, 0.1) is 17.3 Å². The summed E-state index contributed by atoms with van der Waals surface area (Å²) in [7, 11) is 0. The number of benzene rings is 2. The summed E-state index contributed by atoms with van der Waals surface area (Å²) in [5.41, 5.74) is 8.03. The molecule has 0 amide bonds. The third kappa shape index (κ3) is 2.10. The molecule has 3 nitrogen and oxygen atoms in total. The standard InChI is InChI=1S/C16H12FN3/c17-14-7-12(2-4-15(14)19)10-20-6-5-13-3-1-11(9-18)8-16(13)20/h1-8H,10,19H2. The second-order valence-corrected chi connectivity index (χ2v) is 4.68. The number of nitrogens with two attached hydrogens (primary N) is 1. The second kappa shape index (κ2) is 4.71. The van der Waals surface area contributed by atoms with E-state index in [1.807, 2.05) is 29.0 Å². The summed E-state index contributed by atoms with van der Waals surface area (Å²) in [5, 5.41) is 10.0. The predicted octanol–water partition coefficient (Wildman–Crippen LogP) is 3.28. The van der Waals surface area contributed by atoms with Crippen LogP contribution < -0.4 is 5.73 Å². The molecule has 0 saturated carbocycles. The Hall–Kier alpha value is -2.80. The van der Waals surface area contributed by atoms with Crippen molar-refractivity contribution >= 4 is 16.6 Å². The smallest absolute Gasteiger partial charge is 0.146 e.